The average molecular weight is 444 g/mol. The molecule has 1 aromatic heterocycles. The molecule has 0 atom stereocenters. The van der Waals surface area contributed by atoms with Crippen LogP contribution >= 0.6 is 23.2 Å². The molecule has 1 amide bonds. The molecule has 1 aliphatic rings. The van der Waals surface area contributed by atoms with Crippen molar-refractivity contribution in [3.8, 4) is 5.75 Å². The van der Waals surface area contributed by atoms with Gasteiger partial charge in [-0.3, -0.25) is 4.79 Å². The number of hydrogen-bond acceptors (Lipinski definition) is 6. The molecule has 0 spiro atoms. The van der Waals surface area contributed by atoms with Crippen LogP contribution < -0.4 is 20.3 Å². The molecule has 1 fully saturated rings. The second-order valence-corrected chi connectivity index (χ2v) is 7.56. The summed E-state index contributed by atoms with van der Waals surface area (Å²) < 4.78 is 5.93. The molecule has 7 nitrogen and oxygen atoms in total. The highest BCUT2D eigenvalue weighted by atomic mass is 35.5. The van der Waals surface area contributed by atoms with E-state index in [0.717, 1.165) is 11.5 Å². The van der Waals surface area contributed by atoms with Crippen LogP contribution in [0.5, 0.6) is 5.75 Å². The molecular formula is C21H19Cl2N5O2. The third-order valence-corrected chi connectivity index (χ3v) is 5.35. The highest BCUT2D eigenvalue weighted by Gasteiger charge is 2.30. The maximum Gasteiger partial charge on any atom is 0.251 e. The summed E-state index contributed by atoms with van der Waals surface area (Å²) in [6, 6.07) is 14.2. The van der Waals surface area contributed by atoms with Crippen LogP contribution in [0.1, 0.15) is 10.4 Å². The fraction of sp³-hybridized carbons (Fsp3) is 0.190. The van der Waals surface area contributed by atoms with Crippen LogP contribution in [-0.4, -0.2) is 42.1 Å². The summed E-state index contributed by atoms with van der Waals surface area (Å²) in [5.74, 6) is 1.79. The number of ether oxygens (including phenoxy) is 1. The van der Waals surface area contributed by atoms with Crippen molar-refractivity contribution in [2.45, 2.75) is 6.10 Å². The normalized spacial score (nSPS) is 13.5. The zero-order valence-corrected chi connectivity index (χ0v) is 17.6. The van der Waals surface area contributed by atoms with E-state index in [1.165, 1.54) is 0 Å². The lowest BCUT2D eigenvalue weighted by Gasteiger charge is -2.39. The van der Waals surface area contributed by atoms with Crippen molar-refractivity contribution >= 4 is 46.6 Å². The molecule has 0 aliphatic carbocycles. The molecule has 1 aliphatic heterocycles. The van der Waals surface area contributed by atoms with Crippen LogP contribution in [0.25, 0.3) is 0 Å². The van der Waals surface area contributed by atoms with Crippen LogP contribution in [0.2, 0.25) is 10.0 Å². The van der Waals surface area contributed by atoms with E-state index >= 15 is 0 Å². The maximum absolute atomic E-state index is 11.8. The number of benzene rings is 2. The van der Waals surface area contributed by atoms with Crippen molar-refractivity contribution in [1.82, 2.24) is 15.3 Å². The van der Waals surface area contributed by atoms with E-state index in [1.807, 2.05) is 12.1 Å². The van der Waals surface area contributed by atoms with Crippen molar-refractivity contribution in [2.75, 3.05) is 30.4 Å². The number of rotatable bonds is 6. The summed E-state index contributed by atoms with van der Waals surface area (Å²) in [5, 5.41) is 6.72. The van der Waals surface area contributed by atoms with Crippen molar-refractivity contribution in [2.24, 2.45) is 0 Å². The van der Waals surface area contributed by atoms with Gasteiger partial charge < -0.3 is 20.3 Å². The second kappa shape index (κ2) is 8.77. The van der Waals surface area contributed by atoms with Gasteiger partial charge in [0.2, 0.25) is 5.95 Å². The summed E-state index contributed by atoms with van der Waals surface area (Å²) in [4.78, 5) is 22.7. The second-order valence-electron chi connectivity index (χ2n) is 6.74. The van der Waals surface area contributed by atoms with Gasteiger partial charge in [-0.05, 0) is 36.4 Å². The van der Waals surface area contributed by atoms with Crippen molar-refractivity contribution in [1.29, 1.82) is 0 Å². The first-order chi connectivity index (χ1) is 14.5. The molecule has 0 radical (unpaired) electrons. The van der Waals surface area contributed by atoms with Crippen LogP contribution in [-0.2, 0) is 0 Å². The molecule has 2 heterocycles. The van der Waals surface area contributed by atoms with Crippen molar-refractivity contribution in [3.63, 3.8) is 0 Å². The largest absolute Gasteiger partial charge is 0.487 e. The third kappa shape index (κ3) is 4.58. The Bertz CT molecular complexity index is 1070. The van der Waals surface area contributed by atoms with Crippen molar-refractivity contribution < 1.29 is 9.53 Å². The van der Waals surface area contributed by atoms with Crippen LogP contribution in [0, 0.1) is 0 Å². The molecule has 2 N–H and O–H groups in total. The van der Waals surface area contributed by atoms with E-state index in [9.17, 15) is 4.79 Å². The summed E-state index contributed by atoms with van der Waals surface area (Å²) in [5.41, 5.74) is 1.29. The van der Waals surface area contributed by atoms with E-state index in [-0.39, 0.29) is 12.0 Å². The van der Waals surface area contributed by atoms with Gasteiger partial charge in [-0.15, -0.1) is 0 Å². The van der Waals surface area contributed by atoms with Gasteiger partial charge in [-0.2, -0.15) is 4.98 Å². The smallest absolute Gasteiger partial charge is 0.251 e. The quantitative estimate of drug-likeness (QED) is 0.595. The Kier molecular flexibility index (Phi) is 5.92. The van der Waals surface area contributed by atoms with Gasteiger partial charge in [-0.1, -0.05) is 29.3 Å². The highest BCUT2D eigenvalue weighted by Crippen LogP contribution is 2.29. The Hall–Kier alpha value is -3.03. The third-order valence-electron chi connectivity index (χ3n) is 4.61. The molecule has 4 rings (SSSR count). The molecule has 2 aromatic carbocycles. The van der Waals surface area contributed by atoms with Gasteiger partial charge in [0.15, 0.2) is 0 Å². The average Bonchev–Trinajstić information content (AvgIpc) is 2.72. The number of carbonyl (C=O) groups excluding carboxylic acids is 1. The Morgan fingerprint density at radius 3 is 2.73 bits per heavy atom. The molecule has 9 heteroatoms. The topological polar surface area (TPSA) is 79.4 Å². The number of carbonyl (C=O) groups is 1. The Morgan fingerprint density at radius 2 is 1.97 bits per heavy atom. The first-order valence-corrected chi connectivity index (χ1v) is 10.1. The molecule has 0 bridgehead atoms. The van der Waals surface area contributed by atoms with Gasteiger partial charge in [0.1, 0.15) is 17.7 Å². The minimum atomic E-state index is -0.151. The number of nitrogens with zero attached hydrogens (tertiary/aromatic N) is 3. The number of anilines is 3. The van der Waals surface area contributed by atoms with Gasteiger partial charge in [0, 0.05) is 30.6 Å². The van der Waals surface area contributed by atoms with E-state index in [2.05, 4.69) is 25.5 Å². The Balaban J connectivity index is 1.37. The molecule has 154 valence electrons. The minimum absolute atomic E-state index is 0.0397. The number of nitrogens with one attached hydrogen (secondary N) is 2. The van der Waals surface area contributed by atoms with Crippen LogP contribution in [0.4, 0.5) is 17.5 Å². The van der Waals surface area contributed by atoms with Gasteiger partial charge in [0.25, 0.3) is 5.91 Å². The molecule has 30 heavy (non-hydrogen) atoms. The number of halogens is 2. The summed E-state index contributed by atoms with van der Waals surface area (Å²) in [6.07, 6.45) is 1.73. The maximum atomic E-state index is 11.8. The zero-order valence-electron chi connectivity index (χ0n) is 16.1. The fourth-order valence-electron chi connectivity index (χ4n) is 3.04. The number of amides is 1. The summed E-state index contributed by atoms with van der Waals surface area (Å²) in [7, 11) is 1.60. The SMILES string of the molecule is CNC(=O)c1cccc(Nc2nccc(N3CC(Oc4ccc(Cl)c(Cl)c4)C3)n2)c1. The number of hydrogen-bond donors (Lipinski definition) is 2. The first-order valence-electron chi connectivity index (χ1n) is 9.30. The lowest BCUT2D eigenvalue weighted by molar-refractivity contribution is 0.0963. The molecule has 1 saturated heterocycles. The molecule has 0 unspecified atom stereocenters. The standard InChI is InChI=1S/C21H19Cl2N5O2/c1-24-20(29)13-3-2-4-14(9-13)26-21-25-8-7-19(27-21)28-11-16(12-28)30-15-5-6-17(22)18(23)10-15/h2-10,16H,11-12H2,1H3,(H,24,29)(H,25,26,27). The van der Waals surface area contributed by atoms with Crippen LogP contribution in [0.15, 0.2) is 54.7 Å². The predicted octanol–water partition coefficient (Wildman–Crippen LogP) is 4.15. The first kappa shape index (κ1) is 20.3. The number of aromatic nitrogens is 2. The fourth-order valence-corrected chi connectivity index (χ4v) is 3.33. The van der Waals surface area contributed by atoms with E-state index in [0.29, 0.717) is 40.4 Å². The predicted molar refractivity (Wildman–Crippen MR) is 118 cm³/mol. The van der Waals surface area contributed by atoms with Crippen molar-refractivity contribution in [3.05, 3.63) is 70.3 Å². The zero-order chi connectivity index (χ0) is 21.1. The van der Waals surface area contributed by atoms with E-state index in [4.69, 9.17) is 27.9 Å². The molecular weight excluding hydrogens is 425 g/mol. The molecule has 0 saturated carbocycles. The highest BCUT2D eigenvalue weighted by molar-refractivity contribution is 6.42. The van der Waals surface area contributed by atoms with Crippen LogP contribution in [0.3, 0.4) is 0 Å². The monoisotopic (exact) mass is 443 g/mol. The summed E-state index contributed by atoms with van der Waals surface area (Å²) in [6.45, 7) is 1.39. The summed E-state index contributed by atoms with van der Waals surface area (Å²) >= 11 is 12.0. The lowest BCUT2D eigenvalue weighted by Crippen LogP contribution is -2.54. The Morgan fingerprint density at radius 1 is 1.13 bits per heavy atom. The van der Waals surface area contributed by atoms with E-state index < -0.39 is 0 Å². The van der Waals surface area contributed by atoms with Gasteiger partial charge in [0.05, 0.1) is 23.1 Å². The van der Waals surface area contributed by atoms with E-state index in [1.54, 1.807) is 49.6 Å². The Labute approximate surface area is 184 Å². The lowest BCUT2D eigenvalue weighted by atomic mass is 10.1. The minimum Gasteiger partial charge on any atom is -0.487 e. The van der Waals surface area contributed by atoms with Gasteiger partial charge >= 0.3 is 0 Å². The van der Waals surface area contributed by atoms with Gasteiger partial charge in [-0.25, -0.2) is 4.98 Å². The molecule has 3 aromatic rings.